The van der Waals surface area contributed by atoms with Gasteiger partial charge in [0.1, 0.15) is 0 Å². The van der Waals surface area contributed by atoms with E-state index in [0.29, 0.717) is 0 Å². The second kappa shape index (κ2) is 5.72. The Morgan fingerprint density at radius 3 is 2.50 bits per heavy atom. The molecular formula is C12H26N2. The molecule has 2 nitrogen and oxygen atoms in total. The molecule has 2 heteroatoms. The summed E-state index contributed by atoms with van der Waals surface area (Å²) in [7, 11) is 2.28. The SMILES string of the molecule is CCCCC1C(C)N(CC)CCN1C. The molecule has 0 N–H and O–H groups in total. The maximum atomic E-state index is 2.61. The molecule has 0 spiro atoms. The van der Waals surface area contributed by atoms with E-state index in [4.69, 9.17) is 0 Å². The number of unbranched alkanes of at least 4 members (excludes halogenated alkanes) is 1. The normalized spacial score (nSPS) is 30.9. The van der Waals surface area contributed by atoms with Crippen LogP contribution >= 0.6 is 0 Å². The van der Waals surface area contributed by atoms with E-state index >= 15 is 0 Å². The Kier molecular flexibility index (Phi) is 4.90. The van der Waals surface area contributed by atoms with Gasteiger partial charge < -0.3 is 4.90 Å². The highest BCUT2D eigenvalue weighted by molar-refractivity contribution is 4.86. The number of hydrogen-bond donors (Lipinski definition) is 0. The maximum Gasteiger partial charge on any atom is 0.0246 e. The Morgan fingerprint density at radius 1 is 1.21 bits per heavy atom. The molecule has 0 saturated carbocycles. The van der Waals surface area contributed by atoms with Gasteiger partial charge in [0, 0.05) is 25.2 Å². The fraction of sp³-hybridized carbons (Fsp3) is 1.00. The second-order valence-corrected chi connectivity index (χ2v) is 4.56. The van der Waals surface area contributed by atoms with Gasteiger partial charge >= 0.3 is 0 Å². The van der Waals surface area contributed by atoms with E-state index in [0.717, 1.165) is 12.1 Å². The highest BCUT2D eigenvalue weighted by atomic mass is 15.3. The Hall–Kier alpha value is -0.0800. The average Bonchev–Trinajstić information content (AvgIpc) is 2.18. The number of rotatable bonds is 4. The summed E-state index contributed by atoms with van der Waals surface area (Å²) in [4.78, 5) is 5.16. The minimum absolute atomic E-state index is 0.741. The first kappa shape index (κ1) is 12.0. The van der Waals surface area contributed by atoms with Gasteiger partial charge in [0.25, 0.3) is 0 Å². The lowest BCUT2D eigenvalue weighted by Gasteiger charge is -2.44. The van der Waals surface area contributed by atoms with Crippen molar-refractivity contribution in [2.75, 3.05) is 26.7 Å². The molecule has 2 atom stereocenters. The van der Waals surface area contributed by atoms with Crippen LogP contribution in [0.25, 0.3) is 0 Å². The first-order valence-electron chi connectivity index (χ1n) is 6.15. The lowest BCUT2D eigenvalue weighted by atomic mass is 9.98. The summed E-state index contributed by atoms with van der Waals surface area (Å²) in [5.74, 6) is 0. The van der Waals surface area contributed by atoms with Crippen molar-refractivity contribution >= 4 is 0 Å². The molecule has 0 radical (unpaired) electrons. The predicted molar refractivity (Wildman–Crippen MR) is 62.7 cm³/mol. The van der Waals surface area contributed by atoms with Crippen molar-refractivity contribution in [1.29, 1.82) is 0 Å². The van der Waals surface area contributed by atoms with Crippen LogP contribution in [-0.4, -0.2) is 48.6 Å². The quantitative estimate of drug-likeness (QED) is 0.683. The third kappa shape index (κ3) is 2.71. The third-order valence-corrected chi connectivity index (χ3v) is 3.70. The fourth-order valence-electron chi connectivity index (χ4n) is 2.59. The van der Waals surface area contributed by atoms with Gasteiger partial charge in [-0.15, -0.1) is 0 Å². The monoisotopic (exact) mass is 198 g/mol. The van der Waals surface area contributed by atoms with Crippen LogP contribution in [0.1, 0.15) is 40.0 Å². The van der Waals surface area contributed by atoms with Crippen LogP contribution in [0.5, 0.6) is 0 Å². The predicted octanol–water partition coefficient (Wildman–Crippen LogP) is 2.20. The van der Waals surface area contributed by atoms with E-state index < -0.39 is 0 Å². The lowest BCUT2D eigenvalue weighted by molar-refractivity contribution is 0.0421. The minimum Gasteiger partial charge on any atom is -0.301 e. The molecule has 2 unspecified atom stereocenters. The zero-order valence-electron chi connectivity index (χ0n) is 10.3. The van der Waals surface area contributed by atoms with Gasteiger partial charge in [0.05, 0.1) is 0 Å². The molecule has 0 aromatic heterocycles. The molecule has 0 bridgehead atoms. The molecule has 1 fully saturated rings. The van der Waals surface area contributed by atoms with Crippen LogP contribution in [0.4, 0.5) is 0 Å². The van der Waals surface area contributed by atoms with Gasteiger partial charge in [0.15, 0.2) is 0 Å². The fourth-order valence-corrected chi connectivity index (χ4v) is 2.59. The Morgan fingerprint density at radius 2 is 1.93 bits per heavy atom. The van der Waals surface area contributed by atoms with Gasteiger partial charge in [-0.05, 0) is 26.9 Å². The summed E-state index contributed by atoms with van der Waals surface area (Å²) in [6.07, 6.45) is 4.06. The van der Waals surface area contributed by atoms with Crippen LogP contribution in [-0.2, 0) is 0 Å². The van der Waals surface area contributed by atoms with Crippen LogP contribution < -0.4 is 0 Å². The molecule has 1 heterocycles. The van der Waals surface area contributed by atoms with E-state index in [2.05, 4.69) is 37.6 Å². The van der Waals surface area contributed by atoms with Crippen LogP contribution in [0, 0.1) is 0 Å². The highest BCUT2D eigenvalue weighted by Gasteiger charge is 2.29. The average molecular weight is 198 g/mol. The molecule has 1 aliphatic rings. The summed E-state index contributed by atoms with van der Waals surface area (Å²) in [6, 6.07) is 1.52. The van der Waals surface area contributed by atoms with E-state index in [1.54, 1.807) is 0 Å². The number of likely N-dealkylation sites (N-methyl/N-ethyl adjacent to an activating group) is 2. The van der Waals surface area contributed by atoms with Crippen molar-refractivity contribution in [1.82, 2.24) is 9.80 Å². The zero-order valence-corrected chi connectivity index (χ0v) is 10.3. The van der Waals surface area contributed by atoms with Crippen LogP contribution in [0.15, 0.2) is 0 Å². The minimum atomic E-state index is 0.741. The summed E-state index contributed by atoms with van der Waals surface area (Å²) < 4.78 is 0. The molecule has 14 heavy (non-hydrogen) atoms. The summed E-state index contributed by atoms with van der Waals surface area (Å²) >= 11 is 0. The van der Waals surface area contributed by atoms with E-state index in [-0.39, 0.29) is 0 Å². The molecular weight excluding hydrogens is 172 g/mol. The maximum absolute atomic E-state index is 2.61. The molecule has 0 amide bonds. The Labute approximate surface area is 89.3 Å². The van der Waals surface area contributed by atoms with Gasteiger partial charge in [-0.25, -0.2) is 0 Å². The zero-order chi connectivity index (χ0) is 10.6. The number of hydrogen-bond acceptors (Lipinski definition) is 2. The van der Waals surface area contributed by atoms with Crippen LogP contribution in [0.2, 0.25) is 0 Å². The highest BCUT2D eigenvalue weighted by Crippen LogP contribution is 2.19. The van der Waals surface area contributed by atoms with Crippen molar-refractivity contribution < 1.29 is 0 Å². The Balaban J connectivity index is 2.49. The standard InChI is InChI=1S/C12H26N2/c1-5-7-8-12-11(3)14(6-2)10-9-13(12)4/h11-12H,5-10H2,1-4H3. The second-order valence-electron chi connectivity index (χ2n) is 4.56. The lowest BCUT2D eigenvalue weighted by Crippen LogP contribution is -2.56. The van der Waals surface area contributed by atoms with Gasteiger partial charge in [-0.2, -0.15) is 0 Å². The Bertz CT molecular complexity index is 158. The first-order chi connectivity index (χ1) is 6.70. The molecule has 1 rings (SSSR count). The smallest absolute Gasteiger partial charge is 0.0246 e. The molecule has 1 aliphatic heterocycles. The van der Waals surface area contributed by atoms with Crippen molar-refractivity contribution in [3.05, 3.63) is 0 Å². The summed E-state index contributed by atoms with van der Waals surface area (Å²) in [6.45, 7) is 10.6. The summed E-state index contributed by atoms with van der Waals surface area (Å²) in [5, 5.41) is 0. The van der Waals surface area contributed by atoms with Gasteiger partial charge in [-0.1, -0.05) is 26.7 Å². The van der Waals surface area contributed by atoms with Crippen molar-refractivity contribution in [2.45, 2.75) is 52.1 Å². The summed E-state index contributed by atoms with van der Waals surface area (Å²) in [5.41, 5.74) is 0. The first-order valence-corrected chi connectivity index (χ1v) is 6.15. The number of piperazine rings is 1. The van der Waals surface area contributed by atoms with E-state index in [9.17, 15) is 0 Å². The van der Waals surface area contributed by atoms with Crippen molar-refractivity contribution in [3.63, 3.8) is 0 Å². The number of nitrogens with zero attached hydrogens (tertiary/aromatic N) is 2. The molecule has 84 valence electrons. The molecule has 0 aliphatic carbocycles. The van der Waals surface area contributed by atoms with E-state index in [1.807, 2.05) is 0 Å². The molecule has 0 aromatic rings. The molecule has 0 aromatic carbocycles. The van der Waals surface area contributed by atoms with Gasteiger partial charge in [-0.3, -0.25) is 4.90 Å². The molecule has 1 saturated heterocycles. The largest absolute Gasteiger partial charge is 0.301 e. The van der Waals surface area contributed by atoms with E-state index in [1.165, 1.54) is 38.9 Å². The van der Waals surface area contributed by atoms with Gasteiger partial charge in [0.2, 0.25) is 0 Å². The topological polar surface area (TPSA) is 6.48 Å². The van der Waals surface area contributed by atoms with Crippen molar-refractivity contribution in [2.24, 2.45) is 0 Å². The van der Waals surface area contributed by atoms with Crippen LogP contribution in [0.3, 0.4) is 0 Å². The van der Waals surface area contributed by atoms with Crippen molar-refractivity contribution in [3.8, 4) is 0 Å². The third-order valence-electron chi connectivity index (χ3n) is 3.70.